The predicted molar refractivity (Wildman–Crippen MR) is 398 cm³/mol. The van der Waals surface area contributed by atoms with E-state index in [1.54, 1.807) is 0 Å². The van der Waals surface area contributed by atoms with Crippen LogP contribution in [-0.2, 0) is 20.1 Å². The molecular weight excluding hydrogens is 1350 g/mol. The molecule has 0 N–H and O–H groups in total. The second-order valence-corrected chi connectivity index (χ2v) is 23.9. The molecular formula is C93H60IrN3. The van der Waals surface area contributed by atoms with E-state index in [0.29, 0.717) is 0 Å². The summed E-state index contributed by atoms with van der Waals surface area (Å²) in [5.74, 6) is 0. The van der Waals surface area contributed by atoms with Gasteiger partial charge in [0.2, 0.25) is 0 Å². The molecule has 0 unspecified atom stereocenters. The Morgan fingerprint density at radius 3 is 0.794 bits per heavy atom. The van der Waals surface area contributed by atoms with Crippen LogP contribution in [-0.4, -0.2) is 15.0 Å². The zero-order valence-corrected chi connectivity index (χ0v) is 55.2. The molecule has 0 aliphatic carbocycles. The molecule has 16 rings (SSSR count). The van der Waals surface area contributed by atoms with Crippen molar-refractivity contribution >= 4 is 0 Å². The first-order chi connectivity index (χ1) is 47.6. The fraction of sp³-hybridized carbons (Fsp3) is 0. The van der Waals surface area contributed by atoms with Gasteiger partial charge in [0, 0.05) is 18.6 Å². The topological polar surface area (TPSA) is 38.7 Å². The van der Waals surface area contributed by atoms with Crippen LogP contribution in [0.5, 0.6) is 0 Å². The van der Waals surface area contributed by atoms with Crippen molar-refractivity contribution in [2.75, 3.05) is 0 Å². The smallest absolute Gasteiger partial charge is 0.305 e. The molecule has 0 amide bonds. The van der Waals surface area contributed by atoms with Crippen molar-refractivity contribution in [3.05, 3.63) is 383 Å². The molecule has 3 nitrogen and oxygen atoms in total. The van der Waals surface area contributed by atoms with Crippen LogP contribution in [0.3, 0.4) is 0 Å². The molecule has 97 heavy (non-hydrogen) atoms. The van der Waals surface area contributed by atoms with Crippen molar-refractivity contribution in [3.8, 4) is 167 Å². The Bertz CT molecular complexity index is 5210. The average Bonchev–Trinajstić information content (AvgIpc) is 0.768. The Balaban J connectivity index is 0.00000770. The average molecular weight is 1410 g/mol. The molecule has 456 valence electrons. The third-order valence-electron chi connectivity index (χ3n) is 18.1. The summed E-state index contributed by atoms with van der Waals surface area (Å²) in [4.78, 5) is 14.4. The molecule has 0 aliphatic heterocycles. The van der Waals surface area contributed by atoms with Crippen molar-refractivity contribution < 1.29 is 20.1 Å². The van der Waals surface area contributed by atoms with Gasteiger partial charge in [0.1, 0.15) is 0 Å². The van der Waals surface area contributed by atoms with Gasteiger partial charge in [-0.2, -0.15) is 0 Å². The van der Waals surface area contributed by atoms with E-state index in [4.69, 9.17) is 15.0 Å². The number of hydrogen-bond donors (Lipinski definition) is 0. The quantitative estimate of drug-likeness (QED) is 0.0960. The number of rotatable bonds is 15. The molecule has 3 heterocycles. The van der Waals surface area contributed by atoms with Crippen LogP contribution < -0.4 is 0 Å². The van der Waals surface area contributed by atoms with E-state index in [-0.39, 0.29) is 20.1 Å². The van der Waals surface area contributed by atoms with Gasteiger partial charge >= 0.3 is 20.1 Å². The Labute approximate surface area is 580 Å². The van der Waals surface area contributed by atoms with Crippen LogP contribution in [0.15, 0.2) is 364 Å². The van der Waals surface area contributed by atoms with E-state index in [1.807, 2.05) is 67.1 Å². The van der Waals surface area contributed by atoms with Gasteiger partial charge in [0.25, 0.3) is 0 Å². The summed E-state index contributed by atoms with van der Waals surface area (Å²) in [5.41, 5.74) is 31.6. The molecule has 0 atom stereocenters. The maximum absolute atomic E-state index is 4.86. The van der Waals surface area contributed by atoms with E-state index in [0.717, 1.165) is 156 Å². The van der Waals surface area contributed by atoms with E-state index in [1.165, 1.54) is 11.1 Å². The SMILES string of the molecule is [Ir+3].[c-]1cc(-c2ccccc2-c2cc(-c3ccccc3-c3c[c-]c(-c4ccccn4)cc3-c3ccccc3)cc(-c3ccc(-c4ccccc4)cc3-c3c[c-]c(-c4ccccn4)cc3-c3ccc(-c4ccc(-c5ccccc5)cc4)cc3)c2)c(-c2ccccc2)cc1-c1ccccn1. The number of aromatic nitrogens is 3. The van der Waals surface area contributed by atoms with E-state index in [9.17, 15) is 0 Å². The molecule has 0 saturated heterocycles. The summed E-state index contributed by atoms with van der Waals surface area (Å²) in [6.07, 6.45) is 5.54. The minimum atomic E-state index is 0. The molecule has 0 bridgehead atoms. The van der Waals surface area contributed by atoms with Gasteiger partial charge in [-0.3, -0.25) is 0 Å². The molecule has 0 spiro atoms. The van der Waals surface area contributed by atoms with Crippen molar-refractivity contribution in [2.24, 2.45) is 0 Å². The zero-order valence-electron chi connectivity index (χ0n) is 52.8. The second-order valence-electron chi connectivity index (χ2n) is 23.9. The van der Waals surface area contributed by atoms with Gasteiger partial charge in [-0.15, -0.1) is 71.3 Å². The first kappa shape index (κ1) is 61.2. The summed E-state index contributed by atoms with van der Waals surface area (Å²) >= 11 is 0. The van der Waals surface area contributed by atoms with E-state index < -0.39 is 0 Å². The van der Waals surface area contributed by atoms with Crippen molar-refractivity contribution in [2.45, 2.75) is 0 Å². The minimum Gasteiger partial charge on any atom is -0.305 e. The Morgan fingerprint density at radius 2 is 0.433 bits per heavy atom. The minimum absolute atomic E-state index is 0. The van der Waals surface area contributed by atoms with Crippen LogP contribution in [0.25, 0.3) is 167 Å². The number of nitrogens with zero attached hydrogens (tertiary/aromatic N) is 3. The van der Waals surface area contributed by atoms with Gasteiger partial charge in [0.15, 0.2) is 0 Å². The summed E-state index contributed by atoms with van der Waals surface area (Å²) < 4.78 is 0. The van der Waals surface area contributed by atoms with Crippen LogP contribution >= 0.6 is 0 Å². The first-order valence-corrected chi connectivity index (χ1v) is 32.4. The third kappa shape index (κ3) is 12.8. The van der Waals surface area contributed by atoms with Crippen molar-refractivity contribution in [1.82, 2.24) is 15.0 Å². The summed E-state index contributed by atoms with van der Waals surface area (Å²) in [6.45, 7) is 0. The van der Waals surface area contributed by atoms with Crippen molar-refractivity contribution in [3.63, 3.8) is 0 Å². The standard InChI is InChI=1S/C93H60N3.Ir/c1-5-23-64(24-6-1)66-38-40-67(41-39-66)68-42-44-71(45-43-68)89-63-75(93-37-19-22-56-96-93)49-53-86(89)90-60-72(65-25-7-2-8-26-65)46-50-81(90)78-58-76(79-31-13-15-33-82(79)84-51-47-73(91-35-17-20-54-94-91)61-87(84)69-27-9-3-10-28-69)57-77(59-78)80-32-14-16-34-83(80)85-52-48-74(92-36-18-21-55-95-92)62-88(85)70-29-11-4-12-30-70;/h1-46,50-63H;/q-3;+3. The molecule has 3 aromatic heterocycles. The van der Waals surface area contributed by atoms with Crippen LogP contribution in [0.4, 0.5) is 0 Å². The molecule has 0 aliphatic rings. The number of hydrogen-bond acceptors (Lipinski definition) is 3. The first-order valence-electron chi connectivity index (χ1n) is 32.4. The van der Waals surface area contributed by atoms with Gasteiger partial charge in [-0.05, 0) is 137 Å². The second kappa shape index (κ2) is 27.9. The third-order valence-corrected chi connectivity index (χ3v) is 18.1. The monoisotopic (exact) mass is 1410 g/mol. The summed E-state index contributed by atoms with van der Waals surface area (Å²) in [6, 6.07) is 135. The van der Waals surface area contributed by atoms with Crippen molar-refractivity contribution in [1.29, 1.82) is 0 Å². The summed E-state index contributed by atoms with van der Waals surface area (Å²) in [7, 11) is 0. The zero-order chi connectivity index (χ0) is 64.0. The van der Waals surface area contributed by atoms with Gasteiger partial charge in [-0.25, -0.2) is 0 Å². The van der Waals surface area contributed by atoms with Gasteiger partial charge in [0.05, 0.1) is 0 Å². The van der Waals surface area contributed by atoms with Crippen LogP contribution in [0.1, 0.15) is 0 Å². The molecule has 0 saturated carbocycles. The molecule has 16 aromatic rings. The normalized spacial score (nSPS) is 11.0. The molecule has 0 radical (unpaired) electrons. The van der Waals surface area contributed by atoms with Crippen LogP contribution in [0.2, 0.25) is 0 Å². The molecule has 13 aromatic carbocycles. The maximum atomic E-state index is 4.86. The fourth-order valence-corrected chi connectivity index (χ4v) is 13.3. The van der Waals surface area contributed by atoms with E-state index >= 15 is 0 Å². The Hall–Kier alpha value is -12.0. The number of benzene rings is 13. The van der Waals surface area contributed by atoms with E-state index in [2.05, 4.69) is 315 Å². The van der Waals surface area contributed by atoms with Gasteiger partial charge < -0.3 is 15.0 Å². The van der Waals surface area contributed by atoms with Crippen LogP contribution in [0, 0.1) is 18.2 Å². The Morgan fingerprint density at radius 1 is 0.165 bits per heavy atom. The maximum Gasteiger partial charge on any atom is 3.00 e. The molecule has 0 fully saturated rings. The summed E-state index contributed by atoms with van der Waals surface area (Å²) in [5, 5.41) is 0. The Kier molecular flexibility index (Phi) is 17.6. The fourth-order valence-electron chi connectivity index (χ4n) is 13.3. The van der Waals surface area contributed by atoms with Gasteiger partial charge in [-0.1, -0.05) is 323 Å². The number of pyridine rings is 3. The predicted octanol–water partition coefficient (Wildman–Crippen LogP) is 24.3. The largest absolute Gasteiger partial charge is 3.00 e. The molecule has 4 heteroatoms.